The molecular formula is C23H26N4O3. The molecule has 30 heavy (non-hydrogen) atoms. The molecule has 0 bridgehead atoms. The van der Waals surface area contributed by atoms with Gasteiger partial charge in [0.05, 0.1) is 18.1 Å². The third-order valence-electron chi connectivity index (χ3n) is 5.78. The van der Waals surface area contributed by atoms with Crippen LogP contribution in [0.25, 0.3) is 11.0 Å². The fraction of sp³-hybridized carbons (Fsp3) is 0.348. The molecule has 1 aromatic heterocycles. The molecule has 7 heteroatoms. The standard InChI is InChI=1S/C23H26N4O3/c1-26-19-9-5-4-8-18(19)25-21(23(26)29)27-13-11-16(12-14-27)22(28)24-15-17-7-3-6-10-20(17)30-2/h3-10,16H,11-15H2,1-2H3,(H,24,28). The lowest BCUT2D eigenvalue weighted by molar-refractivity contribution is -0.125. The second-order valence-corrected chi connectivity index (χ2v) is 7.58. The van der Waals surface area contributed by atoms with Gasteiger partial charge in [0.25, 0.3) is 5.56 Å². The monoisotopic (exact) mass is 406 g/mol. The molecule has 1 aliphatic heterocycles. The molecule has 2 heterocycles. The lowest BCUT2D eigenvalue weighted by Gasteiger charge is -2.32. The number of aromatic nitrogens is 2. The Hall–Kier alpha value is -3.35. The second kappa shape index (κ2) is 8.57. The van der Waals surface area contributed by atoms with E-state index in [1.54, 1.807) is 18.7 Å². The average molecular weight is 406 g/mol. The highest BCUT2D eigenvalue weighted by Crippen LogP contribution is 2.22. The van der Waals surface area contributed by atoms with E-state index in [1.807, 2.05) is 53.4 Å². The number of piperidine rings is 1. The van der Waals surface area contributed by atoms with Crippen LogP contribution in [-0.2, 0) is 18.4 Å². The highest BCUT2D eigenvalue weighted by Gasteiger charge is 2.27. The minimum atomic E-state index is -0.104. The summed E-state index contributed by atoms with van der Waals surface area (Å²) >= 11 is 0. The Bertz CT molecular complexity index is 1120. The molecule has 0 spiro atoms. The Kier molecular flexibility index (Phi) is 5.70. The maximum absolute atomic E-state index is 12.8. The SMILES string of the molecule is COc1ccccc1CNC(=O)C1CCN(c2nc3ccccc3n(C)c2=O)CC1. The van der Waals surface area contributed by atoms with E-state index in [-0.39, 0.29) is 17.4 Å². The quantitative estimate of drug-likeness (QED) is 0.705. The van der Waals surface area contributed by atoms with E-state index in [0.717, 1.165) is 22.3 Å². The van der Waals surface area contributed by atoms with Crippen molar-refractivity contribution in [2.24, 2.45) is 13.0 Å². The average Bonchev–Trinajstić information content (AvgIpc) is 2.80. The number of ether oxygens (including phenoxy) is 1. The van der Waals surface area contributed by atoms with Gasteiger partial charge >= 0.3 is 0 Å². The van der Waals surface area contributed by atoms with Crippen molar-refractivity contribution in [2.75, 3.05) is 25.1 Å². The third-order valence-corrected chi connectivity index (χ3v) is 5.78. The number of fused-ring (bicyclic) bond motifs is 1. The Labute approximate surface area is 175 Å². The fourth-order valence-corrected chi connectivity index (χ4v) is 4.00. The molecule has 0 atom stereocenters. The minimum Gasteiger partial charge on any atom is -0.496 e. The van der Waals surface area contributed by atoms with Gasteiger partial charge in [-0.15, -0.1) is 0 Å². The van der Waals surface area contributed by atoms with Crippen LogP contribution in [0, 0.1) is 5.92 Å². The molecule has 1 N–H and O–H groups in total. The minimum absolute atomic E-state index is 0.0416. The Morgan fingerprint density at radius 2 is 1.83 bits per heavy atom. The summed E-state index contributed by atoms with van der Waals surface area (Å²) in [6.07, 6.45) is 1.38. The van der Waals surface area contributed by atoms with Crippen LogP contribution < -0.4 is 20.5 Å². The lowest BCUT2D eigenvalue weighted by atomic mass is 9.96. The predicted octanol–water partition coefficient (Wildman–Crippen LogP) is 2.47. The molecule has 1 fully saturated rings. The number of methoxy groups -OCH3 is 1. The van der Waals surface area contributed by atoms with E-state index in [1.165, 1.54) is 0 Å². The summed E-state index contributed by atoms with van der Waals surface area (Å²) in [5.41, 5.74) is 2.46. The molecule has 4 rings (SSSR count). The summed E-state index contributed by atoms with van der Waals surface area (Å²) in [6.45, 7) is 1.70. The zero-order valence-electron chi connectivity index (χ0n) is 17.3. The number of hydrogen-bond donors (Lipinski definition) is 1. The molecule has 1 amide bonds. The first-order chi connectivity index (χ1) is 14.6. The molecule has 0 radical (unpaired) electrons. The predicted molar refractivity (Wildman–Crippen MR) is 117 cm³/mol. The Morgan fingerprint density at radius 1 is 1.13 bits per heavy atom. The molecule has 1 saturated heterocycles. The summed E-state index contributed by atoms with van der Waals surface area (Å²) in [6, 6.07) is 15.3. The topological polar surface area (TPSA) is 76.5 Å². The van der Waals surface area contributed by atoms with Gasteiger partial charge in [0.15, 0.2) is 5.82 Å². The van der Waals surface area contributed by atoms with Gasteiger partial charge in [0.2, 0.25) is 5.91 Å². The number of hydrogen-bond acceptors (Lipinski definition) is 5. The molecular weight excluding hydrogens is 380 g/mol. The maximum atomic E-state index is 12.8. The Balaban J connectivity index is 1.40. The first-order valence-corrected chi connectivity index (χ1v) is 10.2. The number of nitrogens with zero attached hydrogens (tertiary/aromatic N) is 3. The third kappa shape index (κ3) is 3.87. The van der Waals surface area contributed by atoms with Crippen molar-refractivity contribution in [1.82, 2.24) is 14.9 Å². The van der Waals surface area contributed by atoms with E-state index in [0.29, 0.717) is 38.3 Å². The van der Waals surface area contributed by atoms with E-state index in [2.05, 4.69) is 10.3 Å². The van der Waals surface area contributed by atoms with Gasteiger partial charge in [-0.05, 0) is 31.0 Å². The van der Waals surface area contributed by atoms with Gasteiger partial charge < -0.3 is 19.5 Å². The first kappa shape index (κ1) is 19.9. The molecule has 0 saturated carbocycles. The normalized spacial score (nSPS) is 14.7. The molecule has 0 aliphatic carbocycles. The van der Waals surface area contributed by atoms with Crippen LogP contribution in [0.3, 0.4) is 0 Å². The van der Waals surface area contributed by atoms with E-state index < -0.39 is 0 Å². The van der Waals surface area contributed by atoms with Gasteiger partial charge in [-0.3, -0.25) is 9.59 Å². The number of benzene rings is 2. The van der Waals surface area contributed by atoms with Gasteiger partial charge in [-0.25, -0.2) is 4.98 Å². The fourth-order valence-electron chi connectivity index (χ4n) is 4.00. The van der Waals surface area contributed by atoms with Crippen LogP contribution >= 0.6 is 0 Å². The number of para-hydroxylation sites is 3. The van der Waals surface area contributed by atoms with Gasteiger partial charge in [0.1, 0.15) is 5.75 Å². The molecule has 1 aliphatic rings. The van der Waals surface area contributed by atoms with Crippen molar-refractivity contribution in [2.45, 2.75) is 19.4 Å². The van der Waals surface area contributed by atoms with Crippen molar-refractivity contribution in [3.05, 3.63) is 64.4 Å². The van der Waals surface area contributed by atoms with Crippen LogP contribution in [0.2, 0.25) is 0 Å². The van der Waals surface area contributed by atoms with Gasteiger partial charge in [-0.1, -0.05) is 30.3 Å². The first-order valence-electron chi connectivity index (χ1n) is 10.2. The Morgan fingerprint density at radius 3 is 2.60 bits per heavy atom. The highest BCUT2D eigenvalue weighted by atomic mass is 16.5. The van der Waals surface area contributed by atoms with Crippen molar-refractivity contribution in [1.29, 1.82) is 0 Å². The second-order valence-electron chi connectivity index (χ2n) is 7.58. The summed E-state index contributed by atoms with van der Waals surface area (Å²) in [5.74, 6) is 1.20. The van der Waals surface area contributed by atoms with Crippen molar-refractivity contribution in [3.63, 3.8) is 0 Å². The zero-order valence-corrected chi connectivity index (χ0v) is 17.3. The number of amides is 1. The number of carbonyl (C=O) groups excluding carboxylic acids is 1. The van der Waals surface area contributed by atoms with E-state index >= 15 is 0 Å². The number of carbonyl (C=O) groups is 1. The van der Waals surface area contributed by atoms with Crippen molar-refractivity contribution >= 4 is 22.8 Å². The number of aryl methyl sites for hydroxylation is 1. The molecule has 2 aromatic carbocycles. The van der Waals surface area contributed by atoms with Crippen LogP contribution in [0.15, 0.2) is 53.3 Å². The van der Waals surface area contributed by atoms with Crippen molar-refractivity contribution < 1.29 is 9.53 Å². The van der Waals surface area contributed by atoms with Crippen molar-refractivity contribution in [3.8, 4) is 5.75 Å². The number of nitrogens with one attached hydrogen (secondary N) is 1. The van der Waals surface area contributed by atoms with E-state index in [9.17, 15) is 9.59 Å². The summed E-state index contributed by atoms with van der Waals surface area (Å²) in [7, 11) is 3.40. The molecule has 0 unspecified atom stereocenters. The molecule has 3 aromatic rings. The summed E-state index contributed by atoms with van der Waals surface area (Å²) < 4.78 is 6.98. The van der Waals surface area contributed by atoms with Crippen LogP contribution in [0.1, 0.15) is 18.4 Å². The van der Waals surface area contributed by atoms with Crippen LogP contribution in [0.4, 0.5) is 5.82 Å². The molecule has 7 nitrogen and oxygen atoms in total. The van der Waals surface area contributed by atoms with Gasteiger partial charge in [-0.2, -0.15) is 0 Å². The summed E-state index contributed by atoms with van der Waals surface area (Å²) in [4.78, 5) is 32.0. The van der Waals surface area contributed by atoms with Crippen LogP contribution in [-0.4, -0.2) is 35.7 Å². The molecule has 156 valence electrons. The van der Waals surface area contributed by atoms with E-state index in [4.69, 9.17) is 4.74 Å². The zero-order chi connectivity index (χ0) is 21.1. The number of rotatable bonds is 5. The lowest BCUT2D eigenvalue weighted by Crippen LogP contribution is -2.43. The van der Waals surface area contributed by atoms with Gasteiger partial charge in [0, 0.05) is 38.2 Å². The maximum Gasteiger partial charge on any atom is 0.293 e. The highest BCUT2D eigenvalue weighted by molar-refractivity contribution is 5.79. The van der Waals surface area contributed by atoms with Crippen LogP contribution in [0.5, 0.6) is 5.75 Å². The largest absolute Gasteiger partial charge is 0.496 e. The summed E-state index contributed by atoms with van der Waals surface area (Å²) in [5, 5.41) is 3.02. The number of anilines is 1. The smallest absolute Gasteiger partial charge is 0.293 e.